The molecule has 0 unspecified atom stereocenters. The zero-order valence-corrected chi connectivity index (χ0v) is 14.7. The number of halogens is 2. The molecule has 0 aliphatic rings. The number of hydrogen-bond donors (Lipinski definition) is 0. The maximum atomic E-state index is 13.0. The van der Waals surface area contributed by atoms with Crippen LogP contribution in [0.3, 0.4) is 0 Å². The van der Waals surface area contributed by atoms with Gasteiger partial charge in [-0.05, 0) is 30.0 Å². The van der Waals surface area contributed by atoms with Crippen LogP contribution in [-0.2, 0) is 6.61 Å². The standard InChI is InChI=1S/C17H16F2N4O2S/c1-2-26-17-22-21-16(15(18)19)23(17)20-10-13-8-9-14(25-13)11-24-12-6-4-3-5-7-12/h3-10,15H,2,11H2,1H3/b20-10+. The first-order valence-corrected chi connectivity index (χ1v) is 8.83. The molecule has 0 fully saturated rings. The molecule has 136 valence electrons. The number of rotatable bonds is 8. The Hall–Kier alpha value is -2.68. The highest BCUT2D eigenvalue weighted by Crippen LogP contribution is 2.23. The van der Waals surface area contributed by atoms with Gasteiger partial charge in [0, 0.05) is 0 Å². The Labute approximate surface area is 152 Å². The molecule has 0 amide bonds. The molecule has 2 aromatic heterocycles. The van der Waals surface area contributed by atoms with Crippen LogP contribution in [0.1, 0.15) is 30.7 Å². The predicted octanol–water partition coefficient (Wildman–Crippen LogP) is 4.38. The molecule has 0 atom stereocenters. The second kappa shape index (κ2) is 8.61. The molecule has 2 heterocycles. The smallest absolute Gasteiger partial charge is 0.299 e. The Morgan fingerprint density at radius 3 is 2.77 bits per heavy atom. The lowest BCUT2D eigenvalue weighted by atomic mass is 10.3. The SMILES string of the molecule is CCSc1nnc(C(F)F)n1/N=C/c1ccc(COc2ccccc2)o1. The van der Waals surface area contributed by atoms with Gasteiger partial charge in [0.25, 0.3) is 6.43 Å². The van der Waals surface area contributed by atoms with Gasteiger partial charge in [-0.25, -0.2) is 8.78 Å². The van der Waals surface area contributed by atoms with Crippen LogP contribution in [0.5, 0.6) is 5.75 Å². The third-order valence-electron chi connectivity index (χ3n) is 3.21. The van der Waals surface area contributed by atoms with Crippen molar-refractivity contribution < 1.29 is 17.9 Å². The third kappa shape index (κ3) is 4.48. The Morgan fingerprint density at radius 1 is 1.23 bits per heavy atom. The number of thioether (sulfide) groups is 1. The molecule has 3 rings (SSSR count). The average molecular weight is 378 g/mol. The molecule has 6 nitrogen and oxygen atoms in total. The van der Waals surface area contributed by atoms with Gasteiger partial charge in [0.15, 0.2) is 0 Å². The van der Waals surface area contributed by atoms with Crippen molar-refractivity contribution in [3.05, 3.63) is 59.8 Å². The Bertz CT molecular complexity index is 865. The molecule has 9 heteroatoms. The van der Waals surface area contributed by atoms with Crippen LogP contribution in [0.2, 0.25) is 0 Å². The minimum Gasteiger partial charge on any atom is -0.486 e. The number of furan rings is 1. The summed E-state index contributed by atoms with van der Waals surface area (Å²) in [4.78, 5) is 0. The summed E-state index contributed by atoms with van der Waals surface area (Å²) in [5.41, 5.74) is 0. The van der Waals surface area contributed by atoms with Crippen molar-refractivity contribution in [3.63, 3.8) is 0 Å². The zero-order chi connectivity index (χ0) is 18.4. The Balaban J connectivity index is 1.70. The topological polar surface area (TPSA) is 65.4 Å². The third-order valence-corrected chi connectivity index (χ3v) is 4.01. The molecule has 3 aromatic rings. The highest BCUT2D eigenvalue weighted by Gasteiger charge is 2.19. The number of benzene rings is 1. The molecule has 0 saturated carbocycles. The van der Waals surface area contributed by atoms with E-state index in [9.17, 15) is 8.78 Å². The summed E-state index contributed by atoms with van der Waals surface area (Å²) < 4.78 is 38.3. The first-order valence-electron chi connectivity index (χ1n) is 7.84. The second-order valence-corrected chi connectivity index (χ2v) is 6.27. The highest BCUT2D eigenvalue weighted by atomic mass is 32.2. The van der Waals surface area contributed by atoms with Gasteiger partial charge in [0.2, 0.25) is 11.0 Å². The fourth-order valence-corrected chi connectivity index (χ4v) is 2.69. The number of alkyl halides is 2. The molecule has 0 aliphatic carbocycles. The Morgan fingerprint density at radius 2 is 2.04 bits per heavy atom. The maximum Gasteiger partial charge on any atom is 0.299 e. The van der Waals surface area contributed by atoms with E-state index in [0.29, 0.717) is 22.4 Å². The number of ether oxygens (including phenoxy) is 1. The lowest BCUT2D eigenvalue weighted by molar-refractivity contribution is 0.135. The van der Waals surface area contributed by atoms with Gasteiger partial charge >= 0.3 is 0 Å². The number of aromatic nitrogens is 3. The monoisotopic (exact) mass is 378 g/mol. The summed E-state index contributed by atoms with van der Waals surface area (Å²) in [5, 5.41) is 11.6. The fraction of sp³-hybridized carbons (Fsp3) is 0.235. The predicted molar refractivity (Wildman–Crippen MR) is 93.9 cm³/mol. The van der Waals surface area contributed by atoms with E-state index in [1.807, 2.05) is 37.3 Å². The Kier molecular flexibility index (Phi) is 6.00. The molecular weight excluding hydrogens is 362 g/mol. The largest absolute Gasteiger partial charge is 0.486 e. The summed E-state index contributed by atoms with van der Waals surface area (Å²) in [6.45, 7) is 2.14. The van der Waals surface area contributed by atoms with E-state index in [2.05, 4.69) is 15.3 Å². The first kappa shape index (κ1) is 18.1. The van der Waals surface area contributed by atoms with Gasteiger partial charge in [-0.3, -0.25) is 0 Å². The molecule has 1 aromatic carbocycles. The summed E-state index contributed by atoms with van der Waals surface area (Å²) in [5.74, 6) is 1.90. The summed E-state index contributed by atoms with van der Waals surface area (Å²) in [6, 6.07) is 12.8. The lowest BCUT2D eigenvalue weighted by Crippen LogP contribution is -2.00. The number of para-hydroxylation sites is 1. The summed E-state index contributed by atoms with van der Waals surface area (Å²) in [7, 11) is 0. The van der Waals surface area contributed by atoms with Crippen molar-refractivity contribution in [3.8, 4) is 5.75 Å². The van der Waals surface area contributed by atoms with E-state index in [1.165, 1.54) is 18.0 Å². The van der Waals surface area contributed by atoms with Crippen LogP contribution >= 0.6 is 11.8 Å². The molecule has 26 heavy (non-hydrogen) atoms. The average Bonchev–Trinajstić information content (AvgIpc) is 3.26. The summed E-state index contributed by atoms with van der Waals surface area (Å²) >= 11 is 1.28. The highest BCUT2D eigenvalue weighted by molar-refractivity contribution is 7.99. The fourth-order valence-electron chi connectivity index (χ4n) is 2.07. The van der Waals surface area contributed by atoms with Crippen molar-refractivity contribution in [2.75, 3.05) is 5.75 Å². The molecule has 0 saturated heterocycles. The van der Waals surface area contributed by atoms with Crippen LogP contribution in [0.15, 0.2) is 57.1 Å². The van der Waals surface area contributed by atoms with Gasteiger partial charge in [-0.15, -0.1) is 10.2 Å². The van der Waals surface area contributed by atoms with Gasteiger partial charge in [0.1, 0.15) is 23.9 Å². The van der Waals surface area contributed by atoms with Crippen molar-refractivity contribution in [1.82, 2.24) is 14.9 Å². The van der Waals surface area contributed by atoms with Crippen LogP contribution < -0.4 is 4.74 Å². The minimum atomic E-state index is -2.77. The van der Waals surface area contributed by atoms with Crippen molar-refractivity contribution >= 4 is 18.0 Å². The molecule has 0 radical (unpaired) electrons. The normalized spacial score (nSPS) is 11.5. The first-order chi connectivity index (χ1) is 12.7. The van der Waals surface area contributed by atoms with Crippen molar-refractivity contribution in [2.24, 2.45) is 5.10 Å². The van der Waals surface area contributed by atoms with E-state index >= 15 is 0 Å². The molecule has 0 spiro atoms. The second-order valence-electron chi connectivity index (χ2n) is 5.04. The van der Waals surface area contributed by atoms with E-state index in [-0.39, 0.29) is 6.61 Å². The lowest BCUT2D eigenvalue weighted by Gasteiger charge is -2.03. The molecule has 0 N–H and O–H groups in total. The van der Waals surface area contributed by atoms with E-state index in [1.54, 1.807) is 12.1 Å². The van der Waals surface area contributed by atoms with Crippen LogP contribution in [0.25, 0.3) is 0 Å². The quantitative estimate of drug-likeness (QED) is 0.430. The van der Waals surface area contributed by atoms with Crippen LogP contribution in [0.4, 0.5) is 8.78 Å². The molecular formula is C17H16F2N4O2S. The van der Waals surface area contributed by atoms with Gasteiger partial charge in [-0.1, -0.05) is 36.9 Å². The van der Waals surface area contributed by atoms with Crippen molar-refractivity contribution in [1.29, 1.82) is 0 Å². The molecule has 0 bridgehead atoms. The maximum absolute atomic E-state index is 13.0. The van der Waals surface area contributed by atoms with E-state index < -0.39 is 12.2 Å². The van der Waals surface area contributed by atoms with Crippen LogP contribution in [-0.4, -0.2) is 26.8 Å². The van der Waals surface area contributed by atoms with E-state index in [4.69, 9.17) is 9.15 Å². The minimum absolute atomic E-state index is 0.254. The summed E-state index contributed by atoms with van der Waals surface area (Å²) in [6.07, 6.45) is -1.42. The number of nitrogens with zero attached hydrogens (tertiary/aromatic N) is 4. The zero-order valence-electron chi connectivity index (χ0n) is 13.9. The number of hydrogen-bond acceptors (Lipinski definition) is 6. The van der Waals surface area contributed by atoms with Gasteiger partial charge in [0.05, 0.1) is 6.21 Å². The van der Waals surface area contributed by atoms with Crippen molar-refractivity contribution in [2.45, 2.75) is 25.1 Å². The van der Waals surface area contributed by atoms with Gasteiger partial charge in [-0.2, -0.15) is 9.78 Å². The molecule has 0 aliphatic heterocycles. The van der Waals surface area contributed by atoms with Gasteiger partial charge < -0.3 is 9.15 Å². The van der Waals surface area contributed by atoms with Crippen LogP contribution in [0, 0.1) is 0 Å². The van der Waals surface area contributed by atoms with E-state index in [0.717, 1.165) is 10.4 Å².